The van der Waals surface area contributed by atoms with Crippen molar-refractivity contribution in [2.45, 2.75) is 90.0 Å². The van der Waals surface area contributed by atoms with E-state index in [4.69, 9.17) is 14.2 Å². The molecule has 4 saturated carbocycles. The van der Waals surface area contributed by atoms with Crippen molar-refractivity contribution in [3.05, 3.63) is 0 Å². The van der Waals surface area contributed by atoms with Gasteiger partial charge in [-0.3, -0.25) is 4.79 Å². The molecule has 0 saturated heterocycles. The van der Waals surface area contributed by atoms with Crippen LogP contribution in [0.1, 0.15) is 72.6 Å². The largest absolute Gasteiger partial charge is 0.462 e. The predicted molar refractivity (Wildman–Crippen MR) is 97.4 cm³/mol. The van der Waals surface area contributed by atoms with Gasteiger partial charge in [-0.1, -0.05) is 6.92 Å². The fourth-order valence-electron chi connectivity index (χ4n) is 5.24. The molecule has 0 heterocycles. The average molecular weight is 406 g/mol. The smallest absolute Gasteiger partial charge is 0.420 e. The van der Waals surface area contributed by atoms with E-state index in [-0.39, 0.29) is 5.60 Å². The molecule has 0 aliphatic heterocycles. The average Bonchev–Trinajstić information content (AvgIpc) is 2.57. The standard InChI is InChI=1S/C21H33F3O4/c1-5-18(2,3)17(25)26-12-19(4,21(22,23)24)27-13-28-20-9-14-6-15(10-20)8-16(7-14)11-20/h14-16H,5-13H2,1-4H3. The van der Waals surface area contributed by atoms with Gasteiger partial charge >= 0.3 is 12.1 Å². The highest BCUT2D eigenvalue weighted by molar-refractivity contribution is 5.75. The molecule has 4 nitrogen and oxygen atoms in total. The summed E-state index contributed by atoms with van der Waals surface area (Å²) in [6.07, 6.45) is 2.26. The van der Waals surface area contributed by atoms with Crippen molar-refractivity contribution in [3.63, 3.8) is 0 Å². The minimum atomic E-state index is -4.67. The first-order valence-corrected chi connectivity index (χ1v) is 10.4. The summed E-state index contributed by atoms with van der Waals surface area (Å²) < 4.78 is 57.1. The third-order valence-electron chi connectivity index (χ3n) is 7.24. The predicted octanol–water partition coefficient (Wildman–Crippen LogP) is 5.25. The Balaban J connectivity index is 1.58. The zero-order chi connectivity index (χ0) is 20.8. The molecule has 0 N–H and O–H groups in total. The van der Waals surface area contributed by atoms with Gasteiger partial charge in [0.2, 0.25) is 0 Å². The van der Waals surface area contributed by atoms with Gasteiger partial charge in [0.25, 0.3) is 0 Å². The summed E-state index contributed by atoms with van der Waals surface area (Å²) in [7, 11) is 0. The molecular formula is C21H33F3O4. The third-order valence-corrected chi connectivity index (χ3v) is 7.24. The van der Waals surface area contributed by atoms with Crippen LogP contribution in [0.2, 0.25) is 0 Å². The minimum Gasteiger partial charge on any atom is -0.462 e. The lowest BCUT2D eigenvalue weighted by Gasteiger charge is -2.56. The van der Waals surface area contributed by atoms with Crippen molar-refractivity contribution in [2.24, 2.45) is 23.2 Å². The van der Waals surface area contributed by atoms with Crippen LogP contribution in [0.3, 0.4) is 0 Å². The Kier molecular flexibility index (Phi) is 5.83. The molecule has 0 radical (unpaired) electrons. The number of carbonyl (C=O) groups excluding carboxylic acids is 1. The van der Waals surface area contributed by atoms with E-state index in [1.807, 2.05) is 0 Å². The monoisotopic (exact) mass is 406 g/mol. The first-order valence-electron chi connectivity index (χ1n) is 10.4. The van der Waals surface area contributed by atoms with E-state index in [1.54, 1.807) is 20.8 Å². The lowest BCUT2D eigenvalue weighted by Crippen LogP contribution is -2.54. The Hall–Kier alpha value is -0.820. The third kappa shape index (κ3) is 4.35. The fraction of sp³-hybridized carbons (Fsp3) is 0.952. The molecule has 1 unspecified atom stereocenters. The molecule has 7 heteroatoms. The summed E-state index contributed by atoms with van der Waals surface area (Å²) >= 11 is 0. The van der Waals surface area contributed by atoms with Gasteiger partial charge in [-0.15, -0.1) is 0 Å². The maximum absolute atomic E-state index is 13.6. The Morgan fingerprint density at radius 3 is 1.93 bits per heavy atom. The highest BCUT2D eigenvalue weighted by atomic mass is 19.4. The zero-order valence-corrected chi connectivity index (χ0v) is 17.4. The highest BCUT2D eigenvalue weighted by Gasteiger charge is 2.55. The van der Waals surface area contributed by atoms with Gasteiger partial charge in [0.05, 0.1) is 11.0 Å². The number of ether oxygens (including phenoxy) is 3. The summed E-state index contributed by atoms with van der Waals surface area (Å²) in [5.74, 6) is 1.25. The number of alkyl halides is 3. The van der Waals surface area contributed by atoms with Gasteiger partial charge in [-0.05, 0) is 83.5 Å². The van der Waals surface area contributed by atoms with Crippen LogP contribution in [0.4, 0.5) is 13.2 Å². The van der Waals surface area contributed by atoms with E-state index < -0.39 is 36.6 Å². The van der Waals surface area contributed by atoms with Gasteiger partial charge in [0.1, 0.15) is 13.4 Å². The van der Waals surface area contributed by atoms with Gasteiger partial charge < -0.3 is 14.2 Å². The van der Waals surface area contributed by atoms with Crippen LogP contribution in [0.25, 0.3) is 0 Å². The van der Waals surface area contributed by atoms with E-state index in [2.05, 4.69) is 0 Å². The first-order chi connectivity index (χ1) is 12.9. The number of rotatable bonds is 8. The van der Waals surface area contributed by atoms with Gasteiger partial charge in [-0.2, -0.15) is 13.2 Å². The highest BCUT2D eigenvalue weighted by Crippen LogP contribution is 2.57. The molecule has 0 aromatic rings. The molecule has 162 valence electrons. The second-order valence-corrected chi connectivity index (χ2v) is 10.0. The molecule has 4 fully saturated rings. The molecule has 0 aromatic heterocycles. The number of halogens is 3. The van der Waals surface area contributed by atoms with Crippen molar-refractivity contribution < 1.29 is 32.2 Å². The van der Waals surface area contributed by atoms with E-state index in [1.165, 1.54) is 19.3 Å². The van der Waals surface area contributed by atoms with Gasteiger partial charge in [0.15, 0.2) is 5.60 Å². The first kappa shape index (κ1) is 21.9. The molecule has 1 atom stereocenters. The summed E-state index contributed by atoms with van der Waals surface area (Å²) in [4.78, 5) is 12.1. The summed E-state index contributed by atoms with van der Waals surface area (Å²) in [6.45, 7) is 4.71. The molecule has 0 aromatic carbocycles. The summed E-state index contributed by atoms with van der Waals surface area (Å²) in [5, 5.41) is 0. The van der Waals surface area contributed by atoms with Crippen LogP contribution in [-0.2, 0) is 19.0 Å². The van der Waals surface area contributed by atoms with Crippen molar-refractivity contribution in [1.29, 1.82) is 0 Å². The van der Waals surface area contributed by atoms with E-state index in [0.717, 1.165) is 26.2 Å². The Morgan fingerprint density at radius 2 is 1.50 bits per heavy atom. The van der Waals surface area contributed by atoms with Crippen molar-refractivity contribution in [1.82, 2.24) is 0 Å². The normalized spacial score (nSPS) is 34.3. The SMILES string of the molecule is CCC(C)(C)C(=O)OCC(C)(OCOC12CC3CC(CC(C3)C1)C2)C(F)(F)F. The molecule has 0 amide bonds. The fourth-order valence-corrected chi connectivity index (χ4v) is 5.24. The molecular weight excluding hydrogens is 373 g/mol. The van der Waals surface area contributed by atoms with Crippen LogP contribution >= 0.6 is 0 Å². The molecule has 4 rings (SSSR count). The molecule has 0 spiro atoms. The summed E-state index contributed by atoms with van der Waals surface area (Å²) in [5.41, 5.74) is -3.75. The quantitative estimate of drug-likeness (QED) is 0.408. The maximum atomic E-state index is 13.6. The number of hydrogen-bond acceptors (Lipinski definition) is 4. The van der Waals surface area contributed by atoms with E-state index >= 15 is 0 Å². The summed E-state index contributed by atoms with van der Waals surface area (Å²) in [6, 6.07) is 0. The Morgan fingerprint density at radius 1 is 1.00 bits per heavy atom. The molecule has 28 heavy (non-hydrogen) atoms. The molecule has 4 bridgehead atoms. The van der Waals surface area contributed by atoms with Crippen LogP contribution in [-0.4, -0.2) is 36.7 Å². The Labute approximate surface area is 165 Å². The Bertz CT molecular complexity index is 551. The van der Waals surface area contributed by atoms with Gasteiger partial charge in [0, 0.05) is 0 Å². The topological polar surface area (TPSA) is 44.8 Å². The van der Waals surface area contributed by atoms with Crippen molar-refractivity contribution in [2.75, 3.05) is 13.4 Å². The minimum absolute atomic E-state index is 0.331. The molecule has 4 aliphatic rings. The lowest BCUT2D eigenvalue weighted by atomic mass is 9.54. The van der Waals surface area contributed by atoms with Crippen LogP contribution in [0.15, 0.2) is 0 Å². The van der Waals surface area contributed by atoms with Crippen LogP contribution < -0.4 is 0 Å². The van der Waals surface area contributed by atoms with Crippen molar-refractivity contribution >= 4 is 5.97 Å². The maximum Gasteiger partial charge on any atom is 0.420 e. The molecule has 4 aliphatic carbocycles. The zero-order valence-electron chi connectivity index (χ0n) is 17.4. The van der Waals surface area contributed by atoms with E-state index in [0.29, 0.717) is 24.2 Å². The second kappa shape index (κ2) is 7.46. The van der Waals surface area contributed by atoms with Crippen LogP contribution in [0, 0.1) is 23.2 Å². The second-order valence-electron chi connectivity index (χ2n) is 10.0. The van der Waals surface area contributed by atoms with Crippen molar-refractivity contribution in [3.8, 4) is 0 Å². The number of hydrogen-bond donors (Lipinski definition) is 0. The van der Waals surface area contributed by atoms with Crippen LogP contribution in [0.5, 0.6) is 0 Å². The number of carbonyl (C=O) groups is 1. The number of esters is 1. The van der Waals surface area contributed by atoms with Gasteiger partial charge in [-0.25, -0.2) is 0 Å². The van der Waals surface area contributed by atoms with E-state index in [9.17, 15) is 18.0 Å². The lowest BCUT2D eigenvalue weighted by molar-refractivity contribution is -0.319.